The molecule has 0 saturated carbocycles. The molecule has 3 rings (SSSR count). The van der Waals surface area contributed by atoms with Crippen LogP contribution in [0, 0.1) is 5.82 Å². The number of nitrogens with zero attached hydrogens (tertiary/aromatic N) is 1. The Morgan fingerprint density at radius 1 is 0.667 bits per heavy atom. The van der Waals surface area contributed by atoms with Gasteiger partial charge in [0.15, 0.2) is 0 Å². The average Bonchev–Trinajstić information content (AvgIpc) is 2.60. The van der Waals surface area contributed by atoms with Gasteiger partial charge in [-0.1, -0.05) is 66.7 Å². The predicted octanol–water partition coefficient (Wildman–Crippen LogP) is 4.61. The van der Waals surface area contributed by atoms with E-state index in [1.807, 2.05) is 42.5 Å². The summed E-state index contributed by atoms with van der Waals surface area (Å²) in [6.45, 7) is 2.28. The molecular weight excluding hydrogens is 299 g/mol. The van der Waals surface area contributed by atoms with Crippen LogP contribution in [0.25, 0.3) is 0 Å². The highest BCUT2D eigenvalue weighted by Gasteiger charge is 2.10. The second kappa shape index (κ2) is 7.75. The standard InChI is InChI=1S/C21H21FN2/c22-20-13-19(11-12-21(20)23)16-24(14-17-7-3-1-4-8-17)15-18-9-5-2-6-10-18/h1-13H,14-16,23H2. The summed E-state index contributed by atoms with van der Waals surface area (Å²) >= 11 is 0. The molecule has 0 unspecified atom stereocenters. The Labute approximate surface area is 142 Å². The number of rotatable bonds is 6. The molecule has 0 saturated heterocycles. The Morgan fingerprint density at radius 2 is 1.17 bits per heavy atom. The molecule has 0 aliphatic rings. The molecule has 0 fully saturated rings. The van der Waals surface area contributed by atoms with Crippen LogP contribution in [0.2, 0.25) is 0 Å². The Kier molecular flexibility index (Phi) is 5.24. The van der Waals surface area contributed by atoms with Gasteiger partial charge in [-0.3, -0.25) is 4.90 Å². The Morgan fingerprint density at radius 3 is 1.67 bits per heavy atom. The lowest BCUT2D eigenvalue weighted by atomic mass is 10.1. The molecule has 0 bridgehead atoms. The van der Waals surface area contributed by atoms with Gasteiger partial charge in [-0.2, -0.15) is 0 Å². The molecule has 0 aliphatic carbocycles. The van der Waals surface area contributed by atoms with Gasteiger partial charge in [-0.15, -0.1) is 0 Å². The van der Waals surface area contributed by atoms with Crippen LogP contribution >= 0.6 is 0 Å². The largest absolute Gasteiger partial charge is 0.396 e. The van der Waals surface area contributed by atoms with Crippen LogP contribution in [0.1, 0.15) is 16.7 Å². The van der Waals surface area contributed by atoms with Crippen LogP contribution in [0.4, 0.5) is 10.1 Å². The van der Waals surface area contributed by atoms with Crippen molar-refractivity contribution in [3.05, 3.63) is 101 Å². The van der Waals surface area contributed by atoms with Crippen LogP contribution < -0.4 is 5.73 Å². The maximum atomic E-state index is 13.7. The van der Waals surface area contributed by atoms with Gasteiger partial charge in [0.2, 0.25) is 0 Å². The maximum absolute atomic E-state index is 13.7. The quantitative estimate of drug-likeness (QED) is 0.672. The van der Waals surface area contributed by atoms with Crippen molar-refractivity contribution in [2.75, 3.05) is 5.73 Å². The highest BCUT2D eigenvalue weighted by Crippen LogP contribution is 2.17. The lowest BCUT2D eigenvalue weighted by molar-refractivity contribution is 0.247. The molecule has 0 spiro atoms. The molecule has 24 heavy (non-hydrogen) atoms. The first-order valence-corrected chi connectivity index (χ1v) is 8.05. The number of benzene rings is 3. The monoisotopic (exact) mass is 320 g/mol. The molecule has 0 atom stereocenters. The van der Waals surface area contributed by atoms with Crippen LogP contribution in [-0.4, -0.2) is 4.90 Å². The first-order chi connectivity index (χ1) is 11.7. The maximum Gasteiger partial charge on any atom is 0.146 e. The number of anilines is 1. The minimum atomic E-state index is -0.355. The van der Waals surface area contributed by atoms with Gasteiger partial charge < -0.3 is 5.73 Å². The molecule has 0 aromatic heterocycles. The second-order valence-corrected chi connectivity index (χ2v) is 5.97. The van der Waals surface area contributed by atoms with E-state index < -0.39 is 0 Å². The number of hydrogen-bond donors (Lipinski definition) is 1. The van der Waals surface area contributed by atoms with Crippen LogP contribution in [0.5, 0.6) is 0 Å². The summed E-state index contributed by atoms with van der Waals surface area (Å²) in [4.78, 5) is 2.30. The summed E-state index contributed by atoms with van der Waals surface area (Å²) in [5, 5.41) is 0. The van der Waals surface area contributed by atoms with Crippen molar-refractivity contribution in [3.8, 4) is 0 Å². The molecule has 122 valence electrons. The average molecular weight is 320 g/mol. The highest BCUT2D eigenvalue weighted by atomic mass is 19.1. The number of nitrogen functional groups attached to an aromatic ring is 1. The van der Waals surface area contributed by atoms with E-state index in [1.165, 1.54) is 17.2 Å². The zero-order valence-corrected chi connectivity index (χ0v) is 13.5. The minimum absolute atomic E-state index is 0.191. The zero-order chi connectivity index (χ0) is 16.8. The summed E-state index contributed by atoms with van der Waals surface area (Å²) in [5.74, 6) is -0.355. The fourth-order valence-electron chi connectivity index (χ4n) is 2.78. The number of halogens is 1. The molecule has 3 aromatic carbocycles. The number of nitrogens with two attached hydrogens (primary N) is 1. The van der Waals surface area contributed by atoms with Crippen molar-refractivity contribution in [1.82, 2.24) is 4.90 Å². The lowest BCUT2D eigenvalue weighted by Crippen LogP contribution is -2.22. The zero-order valence-electron chi connectivity index (χ0n) is 13.5. The molecule has 3 aromatic rings. The van der Waals surface area contributed by atoms with Crippen molar-refractivity contribution in [3.63, 3.8) is 0 Å². The van der Waals surface area contributed by atoms with Crippen molar-refractivity contribution in [2.45, 2.75) is 19.6 Å². The summed E-state index contributed by atoms with van der Waals surface area (Å²) in [5.41, 5.74) is 9.17. The predicted molar refractivity (Wildman–Crippen MR) is 96.6 cm³/mol. The van der Waals surface area contributed by atoms with E-state index in [2.05, 4.69) is 29.2 Å². The van der Waals surface area contributed by atoms with Gasteiger partial charge in [0.05, 0.1) is 5.69 Å². The third kappa shape index (κ3) is 4.43. The summed E-state index contributed by atoms with van der Waals surface area (Å²) in [7, 11) is 0. The molecular formula is C21H21FN2. The summed E-state index contributed by atoms with van der Waals surface area (Å²) < 4.78 is 13.7. The highest BCUT2D eigenvalue weighted by molar-refractivity contribution is 5.41. The van der Waals surface area contributed by atoms with Crippen molar-refractivity contribution in [2.24, 2.45) is 0 Å². The summed E-state index contributed by atoms with van der Waals surface area (Å²) in [6.07, 6.45) is 0. The summed E-state index contributed by atoms with van der Waals surface area (Å²) in [6, 6.07) is 25.7. The van der Waals surface area contributed by atoms with Gasteiger partial charge >= 0.3 is 0 Å². The lowest BCUT2D eigenvalue weighted by Gasteiger charge is -2.23. The Bertz CT molecular complexity index is 731. The number of hydrogen-bond acceptors (Lipinski definition) is 2. The van der Waals surface area contributed by atoms with Crippen molar-refractivity contribution >= 4 is 5.69 Å². The third-order valence-corrected chi connectivity index (χ3v) is 3.97. The normalized spacial score (nSPS) is 10.9. The van der Waals surface area contributed by atoms with Gasteiger partial charge in [0, 0.05) is 19.6 Å². The van der Waals surface area contributed by atoms with E-state index in [1.54, 1.807) is 6.07 Å². The van der Waals surface area contributed by atoms with E-state index in [0.717, 1.165) is 18.7 Å². The molecule has 2 nitrogen and oxygen atoms in total. The minimum Gasteiger partial charge on any atom is -0.396 e. The molecule has 2 N–H and O–H groups in total. The smallest absolute Gasteiger partial charge is 0.146 e. The van der Waals surface area contributed by atoms with Gasteiger partial charge in [-0.25, -0.2) is 4.39 Å². The van der Waals surface area contributed by atoms with Crippen LogP contribution in [0.3, 0.4) is 0 Å². The van der Waals surface area contributed by atoms with Crippen LogP contribution in [0.15, 0.2) is 78.9 Å². The fraction of sp³-hybridized carbons (Fsp3) is 0.143. The van der Waals surface area contributed by atoms with Gasteiger partial charge in [0.1, 0.15) is 5.82 Å². The van der Waals surface area contributed by atoms with Gasteiger partial charge in [0.25, 0.3) is 0 Å². The first kappa shape index (κ1) is 16.2. The second-order valence-electron chi connectivity index (χ2n) is 5.97. The molecule has 0 heterocycles. The molecule has 0 amide bonds. The van der Waals surface area contributed by atoms with E-state index in [0.29, 0.717) is 6.54 Å². The Hall–Kier alpha value is -2.65. The SMILES string of the molecule is Nc1ccc(CN(Cc2ccccc2)Cc2ccccc2)cc1F. The van der Waals surface area contributed by atoms with E-state index >= 15 is 0 Å². The molecule has 0 radical (unpaired) electrons. The van der Waals surface area contributed by atoms with Gasteiger partial charge in [-0.05, 0) is 28.8 Å². The molecule has 0 aliphatic heterocycles. The van der Waals surface area contributed by atoms with E-state index in [9.17, 15) is 4.39 Å². The Balaban J connectivity index is 1.79. The fourth-order valence-corrected chi connectivity index (χ4v) is 2.78. The van der Waals surface area contributed by atoms with E-state index in [-0.39, 0.29) is 11.5 Å². The van der Waals surface area contributed by atoms with Crippen LogP contribution in [-0.2, 0) is 19.6 Å². The van der Waals surface area contributed by atoms with E-state index in [4.69, 9.17) is 5.73 Å². The van der Waals surface area contributed by atoms with Crippen molar-refractivity contribution < 1.29 is 4.39 Å². The topological polar surface area (TPSA) is 29.3 Å². The third-order valence-electron chi connectivity index (χ3n) is 3.97. The molecule has 3 heteroatoms. The first-order valence-electron chi connectivity index (χ1n) is 8.05. The van der Waals surface area contributed by atoms with Crippen molar-refractivity contribution in [1.29, 1.82) is 0 Å².